The molecule has 10 heteroatoms. The van der Waals surface area contributed by atoms with E-state index in [-0.39, 0.29) is 23.5 Å². The summed E-state index contributed by atoms with van der Waals surface area (Å²) in [5.41, 5.74) is 0.104. The van der Waals surface area contributed by atoms with Crippen LogP contribution >= 0.6 is 0 Å². The van der Waals surface area contributed by atoms with Gasteiger partial charge in [-0.1, -0.05) is 0 Å². The number of benzene rings is 1. The highest BCUT2D eigenvalue weighted by atomic mass is 32.2. The first-order valence-electron chi connectivity index (χ1n) is 7.38. The molecule has 2 N–H and O–H groups in total. The number of aryl methyl sites for hydroxylation is 1. The number of halogens is 4. The first kappa shape index (κ1) is 19.1. The maximum absolute atomic E-state index is 13.3. The number of sulfonamides is 1. The van der Waals surface area contributed by atoms with Gasteiger partial charge in [-0.25, -0.2) is 17.5 Å². The summed E-state index contributed by atoms with van der Waals surface area (Å²) < 4.78 is 79.3. The van der Waals surface area contributed by atoms with Gasteiger partial charge in [0.2, 0.25) is 10.0 Å². The third-order valence-corrected chi connectivity index (χ3v) is 5.30. The molecule has 0 bridgehead atoms. The fourth-order valence-electron chi connectivity index (χ4n) is 2.50. The second-order valence-corrected chi connectivity index (χ2v) is 7.37. The Balaban J connectivity index is 2.13. The Hall–Kier alpha value is -1.23. The minimum atomic E-state index is -4.56. The van der Waals surface area contributed by atoms with E-state index >= 15 is 0 Å². The minimum absolute atomic E-state index is 0.104. The van der Waals surface area contributed by atoms with E-state index in [2.05, 4.69) is 5.32 Å². The second-order valence-electron chi connectivity index (χ2n) is 5.61. The monoisotopic (exact) mass is 369 g/mol. The fraction of sp³-hybridized carbons (Fsp3) is 0.571. The third-order valence-electron chi connectivity index (χ3n) is 3.88. The molecule has 1 aromatic rings. The Bertz CT molecular complexity index is 673. The van der Waals surface area contributed by atoms with Gasteiger partial charge in [0.1, 0.15) is 11.9 Å². The lowest BCUT2D eigenvalue weighted by Crippen LogP contribution is -2.57. The van der Waals surface area contributed by atoms with E-state index in [1.807, 2.05) is 4.72 Å². The van der Waals surface area contributed by atoms with Gasteiger partial charge in [0.15, 0.2) is 0 Å². The van der Waals surface area contributed by atoms with Crippen molar-refractivity contribution in [1.29, 1.82) is 0 Å². The van der Waals surface area contributed by atoms with Gasteiger partial charge < -0.3 is 5.32 Å². The van der Waals surface area contributed by atoms with Gasteiger partial charge in [-0.2, -0.15) is 13.2 Å². The summed E-state index contributed by atoms with van der Waals surface area (Å²) in [4.78, 5) is 0.942. The molecule has 1 aliphatic rings. The van der Waals surface area contributed by atoms with E-state index in [1.165, 1.54) is 11.8 Å². The molecular weight excluding hydrogens is 350 g/mol. The van der Waals surface area contributed by atoms with Crippen molar-refractivity contribution in [3.05, 3.63) is 29.6 Å². The molecule has 1 aromatic carbocycles. The van der Waals surface area contributed by atoms with E-state index < -0.39 is 34.6 Å². The van der Waals surface area contributed by atoms with Crippen LogP contribution in [0.25, 0.3) is 0 Å². The predicted molar refractivity (Wildman–Crippen MR) is 80.6 cm³/mol. The highest BCUT2D eigenvalue weighted by Gasteiger charge is 2.44. The second kappa shape index (κ2) is 7.34. The molecule has 1 saturated heterocycles. The maximum atomic E-state index is 13.3. The topological polar surface area (TPSA) is 61.4 Å². The molecule has 1 fully saturated rings. The van der Waals surface area contributed by atoms with Gasteiger partial charge in [0.25, 0.3) is 0 Å². The standard InChI is InChI=1S/C14H19F4N3O2S/c1-10-8-11(2-3-12(10)15)24(22,23)20-9-13(14(16,17)18)21-6-4-19-5-7-21/h2-3,8,13,19-20H,4-7,9H2,1H3. The molecule has 0 aromatic heterocycles. The van der Waals surface area contributed by atoms with Gasteiger partial charge in [-0.15, -0.1) is 0 Å². The van der Waals surface area contributed by atoms with E-state index in [4.69, 9.17) is 0 Å². The lowest BCUT2D eigenvalue weighted by atomic mass is 10.2. The Morgan fingerprint density at radius 3 is 2.46 bits per heavy atom. The minimum Gasteiger partial charge on any atom is -0.314 e. The van der Waals surface area contributed by atoms with Crippen LogP contribution in [0.2, 0.25) is 0 Å². The number of piperazine rings is 1. The van der Waals surface area contributed by atoms with Crippen LogP contribution in [0.3, 0.4) is 0 Å². The van der Waals surface area contributed by atoms with Crippen molar-refractivity contribution < 1.29 is 26.0 Å². The molecule has 1 atom stereocenters. The molecule has 1 heterocycles. The zero-order valence-electron chi connectivity index (χ0n) is 13.0. The smallest absolute Gasteiger partial charge is 0.314 e. The van der Waals surface area contributed by atoms with Crippen LogP contribution in [0.4, 0.5) is 17.6 Å². The number of hydrogen-bond donors (Lipinski definition) is 2. The van der Waals surface area contributed by atoms with E-state index in [9.17, 15) is 26.0 Å². The van der Waals surface area contributed by atoms with Crippen LogP contribution in [0, 0.1) is 12.7 Å². The number of rotatable bonds is 5. The summed E-state index contributed by atoms with van der Waals surface area (Å²) in [7, 11) is -4.15. The molecular formula is C14H19F4N3O2S. The van der Waals surface area contributed by atoms with Gasteiger partial charge in [-0.05, 0) is 30.7 Å². The summed E-state index contributed by atoms with van der Waals surface area (Å²) >= 11 is 0. The van der Waals surface area contributed by atoms with Gasteiger partial charge in [0, 0.05) is 32.7 Å². The lowest BCUT2D eigenvalue weighted by molar-refractivity contribution is -0.182. The molecule has 0 saturated carbocycles. The van der Waals surface area contributed by atoms with Crippen LogP contribution in [0.1, 0.15) is 5.56 Å². The summed E-state index contributed by atoms with van der Waals surface area (Å²) in [5.74, 6) is -0.581. The number of alkyl halides is 3. The molecule has 1 aliphatic heterocycles. The average Bonchev–Trinajstić information content (AvgIpc) is 2.49. The van der Waals surface area contributed by atoms with Crippen LogP contribution in [-0.2, 0) is 10.0 Å². The Kier molecular flexibility index (Phi) is 5.84. The number of nitrogens with zero attached hydrogens (tertiary/aromatic N) is 1. The highest BCUT2D eigenvalue weighted by Crippen LogP contribution is 2.25. The van der Waals surface area contributed by atoms with E-state index in [0.717, 1.165) is 18.2 Å². The third kappa shape index (κ3) is 4.65. The van der Waals surface area contributed by atoms with E-state index in [1.54, 1.807) is 0 Å². The van der Waals surface area contributed by atoms with Crippen molar-refractivity contribution in [2.45, 2.75) is 24.0 Å². The van der Waals surface area contributed by atoms with Crippen molar-refractivity contribution in [1.82, 2.24) is 14.9 Å². The summed E-state index contributed by atoms with van der Waals surface area (Å²) in [6.45, 7) is 1.78. The summed E-state index contributed by atoms with van der Waals surface area (Å²) in [5, 5.41) is 2.95. The maximum Gasteiger partial charge on any atom is 0.405 e. The molecule has 0 amide bonds. The van der Waals surface area contributed by atoms with Crippen LogP contribution < -0.4 is 10.0 Å². The molecule has 0 aliphatic carbocycles. The molecule has 5 nitrogen and oxygen atoms in total. The predicted octanol–water partition coefficient (Wildman–Crippen LogP) is 1.25. The first-order chi connectivity index (χ1) is 11.1. The first-order valence-corrected chi connectivity index (χ1v) is 8.87. The molecule has 1 unspecified atom stereocenters. The Morgan fingerprint density at radius 2 is 1.92 bits per heavy atom. The average molecular weight is 369 g/mol. The van der Waals surface area contributed by atoms with Crippen LogP contribution in [0.15, 0.2) is 23.1 Å². The highest BCUT2D eigenvalue weighted by molar-refractivity contribution is 7.89. The fourth-order valence-corrected chi connectivity index (χ4v) is 3.63. The normalized spacial score (nSPS) is 18.5. The molecule has 0 spiro atoms. The van der Waals surface area contributed by atoms with Crippen molar-refractivity contribution in [2.75, 3.05) is 32.7 Å². The number of hydrogen-bond acceptors (Lipinski definition) is 4. The van der Waals surface area contributed by atoms with Crippen LogP contribution in [0.5, 0.6) is 0 Å². The Morgan fingerprint density at radius 1 is 1.29 bits per heavy atom. The molecule has 2 rings (SSSR count). The van der Waals surface area contributed by atoms with Crippen molar-refractivity contribution in [2.24, 2.45) is 0 Å². The Labute approximate surface area is 138 Å². The van der Waals surface area contributed by atoms with Crippen molar-refractivity contribution in [3.63, 3.8) is 0 Å². The molecule has 24 heavy (non-hydrogen) atoms. The SMILES string of the molecule is Cc1cc(S(=O)(=O)NCC(N2CCNCC2)C(F)(F)F)ccc1F. The lowest BCUT2D eigenvalue weighted by Gasteiger charge is -2.35. The summed E-state index contributed by atoms with van der Waals surface area (Å²) in [6, 6.07) is 1.18. The van der Waals surface area contributed by atoms with Crippen molar-refractivity contribution >= 4 is 10.0 Å². The van der Waals surface area contributed by atoms with Gasteiger partial charge >= 0.3 is 6.18 Å². The zero-order chi connectivity index (χ0) is 18.0. The van der Waals surface area contributed by atoms with E-state index in [0.29, 0.717) is 13.1 Å². The van der Waals surface area contributed by atoms with Crippen LogP contribution in [-0.4, -0.2) is 58.3 Å². The zero-order valence-corrected chi connectivity index (χ0v) is 13.8. The quantitative estimate of drug-likeness (QED) is 0.767. The molecule has 0 radical (unpaired) electrons. The summed E-state index contributed by atoms with van der Waals surface area (Å²) in [6.07, 6.45) is -4.56. The largest absolute Gasteiger partial charge is 0.405 e. The molecule has 136 valence electrons. The van der Waals surface area contributed by atoms with Gasteiger partial charge in [0.05, 0.1) is 4.90 Å². The number of nitrogens with one attached hydrogen (secondary N) is 2. The van der Waals surface area contributed by atoms with Crippen molar-refractivity contribution in [3.8, 4) is 0 Å². The van der Waals surface area contributed by atoms with Gasteiger partial charge in [-0.3, -0.25) is 4.90 Å².